The minimum Gasteiger partial charge on any atom is -0.355 e. The molecule has 5 aromatic rings. The molecule has 1 aliphatic rings. The number of aromatic nitrogens is 4. The lowest BCUT2D eigenvalue weighted by atomic mass is 10.1. The summed E-state index contributed by atoms with van der Waals surface area (Å²) in [5.41, 5.74) is 4.12. The minimum atomic E-state index is 0.706. The minimum absolute atomic E-state index is 0.706. The first-order valence-corrected chi connectivity index (χ1v) is 11.8. The number of fused-ring (bicyclic) bond motifs is 1. The van der Waals surface area contributed by atoms with Crippen LogP contribution in [0.15, 0.2) is 78.4 Å². The summed E-state index contributed by atoms with van der Waals surface area (Å²) in [7, 11) is 0. The van der Waals surface area contributed by atoms with Crippen LogP contribution >= 0.6 is 11.3 Å². The van der Waals surface area contributed by atoms with E-state index in [2.05, 4.69) is 56.3 Å². The average Bonchev–Trinajstić information content (AvgIpc) is 3.57. The Kier molecular flexibility index (Phi) is 5.16. The van der Waals surface area contributed by atoms with Crippen LogP contribution in [-0.4, -0.2) is 33.0 Å². The summed E-state index contributed by atoms with van der Waals surface area (Å²) in [4.78, 5) is 21.1. The summed E-state index contributed by atoms with van der Waals surface area (Å²) in [6, 6.07) is 20.2. The first-order chi connectivity index (χ1) is 16.3. The van der Waals surface area contributed by atoms with Crippen LogP contribution in [0.3, 0.4) is 0 Å². The fourth-order valence-corrected chi connectivity index (χ4v) is 4.86. The first kappa shape index (κ1) is 19.8. The number of rotatable bonds is 5. The second kappa shape index (κ2) is 8.60. The van der Waals surface area contributed by atoms with Crippen LogP contribution in [0.1, 0.15) is 6.42 Å². The molecule has 1 radical (unpaired) electrons. The number of anilines is 3. The van der Waals surface area contributed by atoms with Crippen LogP contribution in [0.5, 0.6) is 0 Å². The highest BCUT2D eigenvalue weighted by molar-refractivity contribution is 7.17. The number of nitrogens with zero attached hydrogens (tertiary/aromatic N) is 5. The Hall–Kier alpha value is -3.84. The normalized spacial score (nSPS) is 13.5. The molecule has 1 aliphatic heterocycles. The Labute approximate surface area is 196 Å². The van der Waals surface area contributed by atoms with E-state index in [1.807, 2.05) is 42.6 Å². The Bertz CT molecular complexity index is 1390. The molecule has 0 saturated carbocycles. The largest absolute Gasteiger partial charge is 0.355 e. The molecule has 4 aromatic heterocycles. The highest BCUT2D eigenvalue weighted by Crippen LogP contribution is 2.33. The monoisotopic (exact) mass is 449 g/mol. The van der Waals surface area contributed by atoms with Crippen molar-refractivity contribution in [1.82, 2.24) is 19.9 Å². The Morgan fingerprint density at radius 2 is 1.79 bits per heavy atom. The third-order valence-electron chi connectivity index (χ3n) is 5.68. The molecule has 6 nitrogen and oxygen atoms in total. The zero-order valence-corrected chi connectivity index (χ0v) is 18.7. The fourth-order valence-electron chi connectivity index (χ4n) is 4.01. The van der Waals surface area contributed by atoms with Crippen molar-refractivity contribution in [3.63, 3.8) is 0 Å². The van der Waals surface area contributed by atoms with Crippen molar-refractivity contribution < 1.29 is 0 Å². The number of nitrogens with one attached hydrogen (secondary N) is 1. The molecule has 1 fully saturated rings. The van der Waals surface area contributed by atoms with Crippen molar-refractivity contribution in [3.8, 4) is 22.5 Å². The molecule has 0 amide bonds. The highest BCUT2D eigenvalue weighted by Gasteiger charge is 2.19. The molecule has 0 unspecified atom stereocenters. The van der Waals surface area contributed by atoms with Crippen molar-refractivity contribution in [1.29, 1.82) is 0 Å². The summed E-state index contributed by atoms with van der Waals surface area (Å²) in [5.74, 6) is 3.17. The van der Waals surface area contributed by atoms with Gasteiger partial charge in [0.25, 0.3) is 0 Å². The van der Waals surface area contributed by atoms with Crippen LogP contribution in [0.4, 0.5) is 17.5 Å². The predicted molar refractivity (Wildman–Crippen MR) is 135 cm³/mol. The molecule has 1 N–H and O–H groups in total. The summed E-state index contributed by atoms with van der Waals surface area (Å²) in [5, 5.41) is 5.38. The zero-order chi connectivity index (χ0) is 22.0. The van der Waals surface area contributed by atoms with E-state index in [4.69, 9.17) is 9.97 Å². The van der Waals surface area contributed by atoms with Crippen molar-refractivity contribution >= 4 is 39.0 Å². The lowest BCUT2D eigenvalue weighted by Crippen LogP contribution is -2.19. The highest BCUT2D eigenvalue weighted by atomic mass is 32.1. The van der Waals surface area contributed by atoms with Crippen molar-refractivity contribution in [2.24, 2.45) is 0 Å². The maximum Gasteiger partial charge on any atom is 0.162 e. The third-order valence-corrected chi connectivity index (χ3v) is 6.58. The van der Waals surface area contributed by atoms with Crippen LogP contribution in [0.25, 0.3) is 32.7 Å². The van der Waals surface area contributed by atoms with Gasteiger partial charge in [-0.3, -0.25) is 0 Å². The van der Waals surface area contributed by atoms with Crippen LogP contribution in [0.2, 0.25) is 0 Å². The topological polar surface area (TPSA) is 66.8 Å². The molecule has 1 aromatic carbocycles. The molecule has 0 atom stereocenters. The van der Waals surface area contributed by atoms with E-state index in [9.17, 15) is 0 Å². The number of pyridine rings is 2. The SMILES string of the molecule is [CH]1CCN(c2nc(-c3ccnc(Nc4ccc(-c5ccccc5)cn4)c3)nc3ccsc23)C1. The molecule has 6 rings (SSSR count). The molecular weight excluding hydrogens is 428 g/mol. The van der Waals surface area contributed by atoms with Gasteiger partial charge in [0, 0.05) is 36.6 Å². The van der Waals surface area contributed by atoms with Gasteiger partial charge in [0.1, 0.15) is 11.6 Å². The van der Waals surface area contributed by atoms with Crippen LogP contribution in [-0.2, 0) is 0 Å². The number of benzene rings is 1. The summed E-state index contributed by atoms with van der Waals surface area (Å²) < 4.78 is 1.14. The number of hydrogen-bond acceptors (Lipinski definition) is 7. The van der Waals surface area contributed by atoms with Gasteiger partial charge < -0.3 is 10.2 Å². The van der Waals surface area contributed by atoms with Gasteiger partial charge in [0.15, 0.2) is 11.6 Å². The Morgan fingerprint density at radius 1 is 0.848 bits per heavy atom. The van der Waals surface area contributed by atoms with E-state index in [0.29, 0.717) is 11.6 Å². The molecule has 7 heteroatoms. The summed E-state index contributed by atoms with van der Waals surface area (Å²) >= 11 is 1.70. The fraction of sp³-hybridized carbons (Fsp3) is 0.115. The second-order valence-electron chi connectivity index (χ2n) is 7.88. The molecular formula is C26H21N6S. The van der Waals surface area contributed by atoms with Gasteiger partial charge in [-0.1, -0.05) is 30.3 Å². The van der Waals surface area contributed by atoms with Gasteiger partial charge in [0.05, 0.1) is 10.2 Å². The van der Waals surface area contributed by atoms with E-state index in [1.165, 1.54) is 0 Å². The molecule has 0 bridgehead atoms. The van der Waals surface area contributed by atoms with E-state index in [-0.39, 0.29) is 0 Å². The third kappa shape index (κ3) is 4.03. The van der Waals surface area contributed by atoms with Crippen molar-refractivity contribution in [2.45, 2.75) is 6.42 Å². The lowest BCUT2D eigenvalue weighted by molar-refractivity contribution is 0.943. The van der Waals surface area contributed by atoms with Crippen LogP contribution in [0, 0.1) is 6.42 Å². The summed E-state index contributed by atoms with van der Waals surface area (Å²) in [6.45, 7) is 1.93. The first-order valence-electron chi connectivity index (χ1n) is 10.9. The number of thiophene rings is 1. The van der Waals surface area contributed by atoms with E-state index in [1.54, 1.807) is 17.5 Å². The maximum atomic E-state index is 4.95. The van der Waals surface area contributed by atoms with Gasteiger partial charge in [-0.05, 0) is 54.1 Å². The Balaban J connectivity index is 1.29. The summed E-state index contributed by atoms with van der Waals surface area (Å²) in [6.07, 6.45) is 7.03. The number of hydrogen-bond donors (Lipinski definition) is 1. The molecule has 161 valence electrons. The lowest BCUT2D eigenvalue weighted by Gasteiger charge is -2.18. The second-order valence-corrected chi connectivity index (χ2v) is 8.80. The molecule has 1 saturated heterocycles. The maximum absolute atomic E-state index is 4.95. The van der Waals surface area contributed by atoms with Crippen LogP contribution < -0.4 is 10.2 Å². The molecule has 0 spiro atoms. The van der Waals surface area contributed by atoms with Gasteiger partial charge in [-0.2, -0.15) is 0 Å². The van der Waals surface area contributed by atoms with Gasteiger partial charge in [-0.15, -0.1) is 11.3 Å². The average molecular weight is 450 g/mol. The van der Waals surface area contributed by atoms with Gasteiger partial charge in [0.2, 0.25) is 0 Å². The van der Waals surface area contributed by atoms with Crippen molar-refractivity contribution in [2.75, 3.05) is 23.3 Å². The van der Waals surface area contributed by atoms with Gasteiger partial charge in [-0.25, -0.2) is 19.9 Å². The van der Waals surface area contributed by atoms with Crippen molar-refractivity contribution in [3.05, 3.63) is 84.9 Å². The smallest absolute Gasteiger partial charge is 0.162 e. The van der Waals surface area contributed by atoms with E-state index >= 15 is 0 Å². The molecule has 33 heavy (non-hydrogen) atoms. The zero-order valence-electron chi connectivity index (χ0n) is 17.8. The van der Waals surface area contributed by atoms with E-state index in [0.717, 1.165) is 58.1 Å². The Morgan fingerprint density at radius 3 is 2.61 bits per heavy atom. The molecule has 5 heterocycles. The quantitative estimate of drug-likeness (QED) is 0.356. The van der Waals surface area contributed by atoms with Gasteiger partial charge >= 0.3 is 0 Å². The van der Waals surface area contributed by atoms with E-state index < -0.39 is 0 Å². The predicted octanol–water partition coefficient (Wildman–Crippen LogP) is 5.97. The standard InChI is InChI=1S/C26H21N6S/c1-2-6-18(7-3-1)20-8-9-22(28-17-20)30-23-16-19(10-12-27-23)25-29-21-11-15-33-24(21)26(31-25)32-13-4-5-14-32/h1-4,6-12,15-17H,5,13-14H2,(H,27,28,30). The molecule has 0 aliphatic carbocycles.